The summed E-state index contributed by atoms with van der Waals surface area (Å²) in [7, 11) is 1.61. The molecule has 3 atom stereocenters. The summed E-state index contributed by atoms with van der Waals surface area (Å²) in [5.74, 6) is 1.00. The van der Waals surface area contributed by atoms with Gasteiger partial charge in [-0.15, -0.1) is 0 Å². The van der Waals surface area contributed by atoms with Gasteiger partial charge in [-0.3, -0.25) is 14.5 Å². The fourth-order valence-electron chi connectivity index (χ4n) is 5.44. The SMILES string of the molecule is COc1ccc(CCN2C(=O)N[C@@H](CCC(=O)NC[C@@H]3CCCN4CCCC[C@@H]34)C2=O)cc1. The molecular formula is C25H36N4O4. The molecule has 0 bridgehead atoms. The molecule has 3 heterocycles. The second-order valence-corrected chi connectivity index (χ2v) is 9.43. The van der Waals surface area contributed by atoms with Crippen molar-refractivity contribution in [2.24, 2.45) is 5.92 Å². The van der Waals surface area contributed by atoms with Crippen LogP contribution < -0.4 is 15.4 Å². The zero-order chi connectivity index (χ0) is 23.2. The quantitative estimate of drug-likeness (QED) is 0.557. The molecule has 33 heavy (non-hydrogen) atoms. The maximum absolute atomic E-state index is 12.7. The zero-order valence-corrected chi connectivity index (χ0v) is 19.6. The van der Waals surface area contributed by atoms with Crippen LogP contribution in [0.2, 0.25) is 0 Å². The van der Waals surface area contributed by atoms with Crippen LogP contribution in [-0.4, -0.2) is 73.0 Å². The van der Waals surface area contributed by atoms with E-state index in [-0.39, 0.29) is 24.3 Å². The van der Waals surface area contributed by atoms with Gasteiger partial charge in [0.05, 0.1) is 7.11 Å². The largest absolute Gasteiger partial charge is 0.497 e. The van der Waals surface area contributed by atoms with E-state index in [9.17, 15) is 14.4 Å². The zero-order valence-electron chi connectivity index (χ0n) is 19.6. The van der Waals surface area contributed by atoms with E-state index < -0.39 is 6.04 Å². The molecule has 8 heteroatoms. The summed E-state index contributed by atoms with van der Waals surface area (Å²) < 4.78 is 5.15. The van der Waals surface area contributed by atoms with Gasteiger partial charge in [-0.25, -0.2) is 4.79 Å². The number of urea groups is 1. The maximum Gasteiger partial charge on any atom is 0.324 e. The number of fused-ring (bicyclic) bond motifs is 1. The summed E-state index contributed by atoms with van der Waals surface area (Å²) in [5.41, 5.74) is 1.03. The number of methoxy groups -OCH3 is 1. The Balaban J connectivity index is 1.19. The van der Waals surface area contributed by atoms with E-state index in [0.717, 1.165) is 11.3 Å². The molecule has 3 aliphatic heterocycles. The molecule has 8 nitrogen and oxygen atoms in total. The van der Waals surface area contributed by atoms with Gasteiger partial charge in [-0.1, -0.05) is 18.6 Å². The van der Waals surface area contributed by atoms with E-state index in [1.807, 2.05) is 24.3 Å². The normalized spacial score (nSPS) is 25.5. The summed E-state index contributed by atoms with van der Waals surface area (Å²) >= 11 is 0. The number of imide groups is 1. The number of nitrogens with one attached hydrogen (secondary N) is 2. The Hall–Kier alpha value is -2.61. The predicted molar refractivity (Wildman–Crippen MR) is 125 cm³/mol. The topological polar surface area (TPSA) is 91.0 Å². The van der Waals surface area contributed by atoms with Crippen molar-refractivity contribution < 1.29 is 19.1 Å². The minimum atomic E-state index is -0.623. The van der Waals surface area contributed by atoms with Gasteiger partial charge in [0.1, 0.15) is 11.8 Å². The third-order valence-corrected chi connectivity index (χ3v) is 7.34. The van der Waals surface area contributed by atoms with Gasteiger partial charge in [0.15, 0.2) is 0 Å². The molecule has 0 aliphatic carbocycles. The van der Waals surface area contributed by atoms with Crippen molar-refractivity contribution in [3.05, 3.63) is 29.8 Å². The highest BCUT2D eigenvalue weighted by Gasteiger charge is 2.38. The van der Waals surface area contributed by atoms with Crippen molar-refractivity contribution in [2.75, 3.05) is 33.3 Å². The average molecular weight is 457 g/mol. The smallest absolute Gasteiger partial charge is 0.324 e. The molecule has 4 rings (SSSR count). The fraction of sp³-hybridized carbons (Fsp3) is 0.640. The Kier molecular flexibility index (Phi) is 7.85. The van der Waals surface area contributed by atoms with Gasteiger partial charge in [-0.2, -0.15) is 0 Å². The van der Waals surface area contributed by atoms with Gasteiger partial charge in [0.25, 0.3) is 5.91 Å². The molecule has 180 valence electrons. The molecule has 0 aromatic heterocycles. The van der Waals surface area contributed by atoms with Gasteiger partial charge in [0.2, 0.25) is 5.91 Å². The Morgan fingerprint density at radius 3 is 2.70 bits per heavy atom. The van der Waals surface area contributed by atoms with Crippen molar-refractivity contribution in [2.45, 2.75) is 63.5 Å². The molecule has 1 aromatic carbocycles. The molecule has 3 aliphatic rings. The number of ether oxygens (including phenoxy) is 1. The van der Waals surface area contributed by atoms with Crippen molar-refractivity contribution in [1.82, 2.24) is 20.4 Å². The van der Waals surface area contributed by atoms with Gasteiger partial charge < -0.3 is 20.3 Å². The first-order chi connectivity index (χ1) is 16.0. The number of hydrogen-bond donors (Lipinski definition) is 2. The first-order valence-electron chi connectivity index (χ1n) is 12.3. The molecule has 0 unspecified atom stereocenters. The fourth-order valence-corrected chi connectivity index (χ4v) is 5.44. The second-order valence-electron chi connectivity index (χ2n) is 9.43. The first-order valence-corrected chi connectivity index (χ1v) is 12.3. The highest BCUT2D eigenvalue weighted by atomic mass is 16.5. The van der Waals surface area contributed by atoms with Crippen LogP contribution >= 0.6 is 0 Å². The van der Waals surface area contributed by atoms with Gasteiger partial charge in [-0.05, 0) is 75.2 Å². The number of amides is 4. The molecule has 0 radical (unpaired) electrons. The summed E-state index contributed by atoms with van der Waals surface area (Å²) in [5, 5.41) is 5.83. The molecular weight excluding hydrogens is 420 g/mol. The van der Waals surface area contributed by atoms with E-state index in [0.29, 0.717) is 37.9 Å². The van der Waals surface area contributed by atoms with Gasteiger partial charge >= 0.3 is 6.03 Å². The Labute approximate surface area is 196 Å². The molecule has 4 amide bonds. The van der Waals surface area contributed by atoms with E-state index >= 15 is 0 Å². The summed E-state index contributed by atoms with van der Waals surface area (Å²) in [6.07, 6.45) is 7.32. The lowest BCUT2D eigenvalue weighted by Gasteiger charge is -2.44. The Morgan fingerprint density at radius 2 is 1.91 bits per heavy atom. The predicted octanol–water partition coefficient (Wildman–Crippen LogP) is 2.32. The highest BCUT2D eigenvalue weighted by molar-refractivity contribution is 6.04. The van der Waals surface area contributed by atoms with Crippen LogP contribution in [0.15, 0.2) is 24.3 Å². The third kappa shape index (κ3) is 5.85. The number of carbonyl (C=O) groups excluding carboxylic acids is 3. The van der Waals surface area contributed by atoms with Crippen LogP contribution in [0.25, 0.3) is 0 Å². The minimum Gasteiger partial charge on any atom is -0.497 e. The van der Waals surface area contributed by atoms with E-state index in [1.165, 1.54) is 50.1 Å². The van der Waals surface area contributed by atoms with Crippen molar-refractivity contribution in [3.63, 3.8) is 0 Å². The van der Waals surface area contributed by atoms with Crippen LogP contribution in [0, 0.1) is 5.92 Å². The van der Waals surface area contributed by atoms with E-state index in [1.54, 1.807) is 7.11 Å². The first kappa shape index (κ1) is 23.5. The van der Waals surface area contributed by atoms with Crippen molar-refractivity contribution in [3.8, 4) is 5.75 Å². The summed E-state index contributed by atoms with van der Waals surface area (Å²) in [6.45, 7) is 3.40. The van der Waals surface area contributed by atoms with Gasteiger partial charge in [0, 0.05) is 25.6 Å². The molecule has 2 N–H and O–H groups in total. The van der Waals surface area contributed by atoms with Crippen LogP contribution in [0.1, 0.15) is 50.5 Å². The van der Waals surface area contributed by atoms with Crippen molar-refractivity contribution >= 4 is 17.8 Å². The number of carbonyl (C=O) groups is 3. The summed E-state index contributed by atoms with van der Waals surface area (Å²) in [6, 6.07) is 7.18. The lowest BCUT2D eigenvalue weighted by molar-refractivity contribution is -0.127. The monoisotopic (exact) mass is 456 g/mol. The number of hydrogen-bond acceptors (Lipinski definition) is 5. The molecule has 0 saturated carbocycles. The van der Waals surface area contributed by atoms with Crippen LogP contribution in [-0.2, 0) is 16.0 Å². The standard InChI is InChI=1S/C25H36N4O4/c1-33-20-9-7-18(8-10-20)13-16-29-24(31)21(27-25(29)32)11-12-23(30)26-17-19-5-4-15-28-14-3-2-6-22(19)28/h7-10,19,21-22H,2-6,11-17H2,1H3,(H,26,30)(H,27,32)/t19-,21-,22-/m0/s1. The molecule has 1 aromatic rings. The van der Waals surface area contributed by atoms with E-state index in [4.69, 9.17) is 4.74 Å². The lowest BCUT2D eigenvalue weighted by Crippen LogP contribution is -2.51. The molecule has 3 saturated heterocycles. The second kappa shape index (κ2) is 11.0. The van der Waals surface area contributed by atoms with Crippen LogP contribution in [0.5, 0.6) is 5.75 Å². The maximum atomic E-state index is 12.7. The lowest BCUT2D eigenvalue weighted by atomic mass is 9.83. The Bertz CT molecular complexity index is 841. The molecule has 0 spiro atoms. The Morgan fingerprint density at radius 1 is 1.12 bits per heavy atom. The number of piperidine rings is 2. The highest BCUT2D eigenvalue weighted by Crippen LogP contribution is 2.30. The van der Waals surface area contributed by atoms with Crippen LogP contribution in [0.4, 0.5) is 4.79 Å². The minimum absolute atomic E-state index is 0.0401. The summed E-state index contributed by atoms with van der Waals surface area (Å²) in [4.78, 5) is 41.3. The third-order valence-electron chi connectivity index (χ3n) is 7.34. The van der Waals surface area contributed by atoms with Crippen molar-refractivity contribution in [1.29, 1.82) is 0 Å². The van der Waals surface area contributed by atoms with E-state index in [2.05, 4.69) is 15.5 Å². The van der Waals surface area contributed by atoms with Crippen LogP contribution in [0.3, 0.4) is 0 Å². The molecule has 3 fully saturated rings. The average Bonchev–Trinajstić information content (AvgIpc) is 3.12. The number of benzene rings is 1. The number of nitrogens with zero attached hydrogens (tertiary/aromatic N) is 2. The number of rotatable bonds is 9.